The van der Waals surface area contributed by atoms with Crippen LogP contribution in [-0.4, -0.2) is 27.5 Å². The van der Waals surface area contributed by atoms with Crippen LogP contribution < -0.4 is 5.73 Å². The maximum Gasteiger partial charge on any atom is 0.342 e. The van der Waals surface area contributed by atoms with Gasteiger partial charge in [0.15, 0.2) is 5.17 Å². The van der Waals surface area contributed by atoms with Crippen molar-refractivity contribution in [3.63, 3.8) is 0 Å². The molecule has 0 fully saturated rings. The molecule has 0 unspecified atom stereocenters. The van der Waals surface area contributed by atoms with E-state index in [1.54, 1.807) is 0 Å². The van der Waals surface area contributed by atoms with E-state index in [-0.39, 0.29) is 15.6 Å². The first-order valence-electron chi connectivity index (χ1n) is 6.43. The summed E-state index contributed by atoms with van der Waals surface area (Å²) in [6, 6.07) is 7.82. The van der Waals surface area contributed by atoms with Gasteiger partial charge in [0.05, 0.1) is 11.3 Å². The van der Waals surface area contributed by atoms with E-state index in [1.807, 2.05) is 38.1 Å². The number of carbonyl (C=O) groups is 1. The van der Waals surface area contributed by atoms with E-state index < -0.39 is 5.97 Å². The van der Waals surface area contributed by atoms with Gasteiger partial charge in [0, 0.05) is 5.56 Å². The molecule has 1 aromatic rings. The number of hydrogen-bond donors (Lipinski definition) is 3. The first-order chi connectivity index (χ1) is 9.78. The number of carboxylic acid groups (broad SMARTS) is 1. The molecule has 4 N–H and O–H groups in total. The predicted molar refractivity (Wildman–Crippen MR) is 86.0 cm³/mol. The van der Waals surface area contributed by atoms with Crippen molar-refractivity contribution in [3.8, 4) is 0 Å². The van der Waals surface area contributed by atoms with E-state index in [0.717, 1.165) is 29.3 Å². The summed E-state index contributed by atoms with van der Waals surface area (Å²) in [5, 5.41) is 16.2. The van der Waals surface area contributed by atoms with Gasteiger partial charge in [-0.1, -0.05) is 24.3 Å². The number of benzene rings is 1. The molecule has 0 aliphatic carbocycles. The molecule has 1 heterocycles. The van der Waals surface area contributed by atoms with Crippen molar-refractivity contribution in [2.24, 2.45) is 10.7 Å². The number of rotatable bonds is 3. The van der Waals surface area contributed by atoms with E-state index in [4.69, 9.17) is 11.1 Å². The van der Waals surface area contributed by atoms with E-state index in [1.165, 1.54) is 6.08 Å². The zero-order valence-electron chi connectivity index (χ0n) is 11.9. The Kier molecular flexibility index (Phi) is 4.18. The third-order valence-corrected chi connectivity index (χ3v) is 3.77. The zero-order chi connectivity index (χ0) is 15.6. The Morgan fingerprint density at radius 1 is 1.48 bits per heavy atom. The Morgan fingerprint density at radius 3 is 2.76 bits per heavy atom. The minimum Gasteiger partial charge on any atom is -0.477 e. The van der Waals surface area contributed by atoms with E-state index in [0.29, 0.717) is 5.71 Å². The number of aliphatic carboxylic acids is 1. The van der Waals surface area contributed by atoms with Gasteiger partial charge >= 0.3 is 5.97 Å². The number of nitrogens with two attached hydrogens (primary N) is 1. The molecule has 0 radical (unpaired) electrons. The number of carboxylic acids is 1. The Hall–Kier alpha value is -2.08. The molecule has 21 heavy (non-hydrogen) atoms. The monoisotopic (exact) mass is 303 g/mol. The fraction of sp³-hybridized carbons (Fsp3) is 0.267. The van der Waals surface area contributed by atoms with Crippen molar-refractivity contribution in [2.75, 3.05) is 0 Å². The van der Waals surface area contributed by atoms with Gasteiger partial charge in [-0.25, -0.2) is 4.79 Å². The lowest BCUT2D eigenvalue weighted by atomic mass is 9.87. The molecule has 0 spiro atoms. The van der Waals surface area contributed by atoms with Gasteiger partial charge in [-0.2, -0.15) is 0 Å². The molecule has 0 atom stereocenters. The van der Waals surface area contributed by atoms with E-state index in [9.17, 15) is 9.90 Å². The van der Waals surface area contributed by atoms with Crippen LogP contribution in [0.5, 0.6) is 0 Å². The Bertz CT molecular complexity index is 663. The summed E-state index contributed by atoms with van der Waals surface area (Å²) in [5.74, 6) is -1.11. The van der Waals surface area contributed by atoms with Crippen LogP contribution in [0.2, 0.25) is 0 Å². The van der Waals surface area contributed by atoms with Crippen LogP contribution in [0.1, 0.15) is 25.0 Å². The minimum atomic E-state index is -1.11. The molecule has 0 saturated heterocycles. The molecule has 6 heteroatoms. The van der Waals surface area contributed by atoms with Crippen LogP contribution in [0.25, 0.3) is 0 Å². The number of fused-ring (bicyclic) bond motifs is 1. The van der Waals surface area contributed by atoms with Gasteiger partial charge in [-0.3, -0.25) is 10.4 Å². The van der Waals surface area contributed by atoms with Crippen LogP contribution in [0.4, 0.5) is 0 Å². The average Bonchev–Trinajstić information content (AvgIpc) is 2.35. The largest absolute Gasteiger partial charge is 0.477 e. The normalized spacial score (nSPS) is 16.9. The minimum absolute atomic E-state index is 0.00578. The van der Waals surface area contributed by atoms with Crippen LogP contribution in [-0.2, 0) is 11.2 Å². The zero-order valence-corrected chi connectivity index (χ0v) is 12.7. The van der Waals surface area contributed by atoms with Crippen LogP contribution in [0.15, 0.2) is 40.2 Å². The predicted octanol–water partition coefficient (Wildman–Crippen LogP) is 2.41. The van der Waals surface area contributed by atoms with Crippen LogP contribution >= 0.6 is 11.8 Å². The molecule has 5 nitrogen and oxygen atoms in total. The molecular weight excluding hydrogens is 286 g/mol. The van der Waals surface area contributed by atoms with Crippen LogP contribution in [0.3, 0.4) is 0 Å². The van der Waals surface area contributed by atoms with Gasteiger partial charge in [-0.15, -0.1) is 0 Å². The smallest absolute Gasteiger partial charge is 0.342 e. The van der Waals surface area contributed by atoms with Crippen LogP contribution in [0, 0.1) is 5.41 Å². The second kappa shape index (κ2) is 5.73. The summed E-state index contributed by atoms with van der Waals surface area (Å²) in [5.41, 5.74) is 7.69. The molecular formula is C15H17N3O2S. The fourth-order valence-electron chi connectivity index (χ4n) is 2.30. The van der Waals surface area contributed by atoms with Crippen molar-refractivity contribution in [1.29, 1.82) is 5.41 Å². The standard InChI is InChI=1S/C15H17N3O2S/c1-15(2)8-9-5-3-4-6-10(9)11(18-15)7-12(13(19)20)21-14(16)17/h3-7H,8H2,1-2H3,(H3,16,17)(H,19,20). The number of hydrogen-bond acceptors (Lipinski definition) is 4. The molecule has 0 bridgehead atoms. The molecule has 2 rings (SSSR count). The summed E-state index contributed by atoms with van der Waals surface area (Å²) in [6.45, 7) is 4.02. The van der Waals surface area contributed by atoms with E-state index >= 15 is 0 Å². The topological polar surface area (TPSA) is 99.5 Å². The average molecular weight is 303 g/mol. The maximum absolute atomic E-state index is 11.3. The van der Waals surface area contributed by atoms with Gasteiger partial charge in [0.2, 0.25) is 0 Å². The van der Waals surface area contributed by atoms with Crippen molar-refractivity contribution in [1.82, 2.24) is 0 Å². The number of nitrogens with one attached hydrogen (secondary N) is 1. The molecule has 110 valence electrons. The van der Waals surface area contributed by atoms with E-state index in [2.05, 4.69) is 4.99 Å². The number of aliphatic imine (C=N–C) groups is 1. The maximum atomic E-state index is 11.3. The molecule has 0 saturated carbocycles. The fourth-order valence-corrected chi connectivity index (χ4v) is 2.80. The second-order valence-electron chi connectivity index (χ2n) is 5.42. The lowest BCUT2D eigenvalue weighted by Crippen LogP contribution is -2.28. The lowest BCUT2D eigenvalue weighted by Gasteiger charge is -2.28. The van der Waals surface area contributed by atoms with Crippen molar-refractivity contribution >= 4 is 28.6 Å². The van der Waals surface area contributed by atoms with Crippen molar-refractivity contribution in [2.45, 2.75) is 25.8 Å². The number of nitrogens with zero attached hydrogens (tertiary/aromatic N) is 1. The highest BCUT2D eigenvalue weighted by Gasteiger charge is 2.26. The van der Waals surface area contributed by atoms with Gasteiger partial charge in [-0.05, 0) is 43.7 Å². The van der Waals surface area contributed by atoms with Crippen molar-refractivity contribution < 1.29 is 9.90 Å². The second-order valence-corrected chi connectivity index (χ2v) is 6.51. The molecule has 0 amide bonds. The summed E-state index contributed by atoms with van der Waals surface area (Å²) in [7, 11) is 0. The molecule has 0 aromatic heterocycles. The highest BCUT2D eigenvalue weighted by Crippen LogP contribution is 2.28. The summed E-state index contributed by atoms with van der Waals surface area (Å²) < 4.78 is 0. The Balaban J connectivity index is 2.51. The van der Waals surface area contributed by atoms with Gasteiger partial charge in [0.25, 0.3) is 0 Å². The highest BCUT2D eigenvalue weighted by atomic mass is 32.2. The molecule has 1 aromatic carbocycles. The molecule has 1 aliphatic heterocycles. The summed E-state index contributed by atoms with van der Waals surface area (Å²) in [4.78, 5) is 15.9. The van der Waals surface area contributed by atoms with Crippen molar-refractivity contribution in [3.05, 3.63) is 46.4 Å². The molecule has 1 aliphatic rings. The third kappa shape index (κ3) is 3.72. The Morgan fingerprint density at radius 2 is 2.14 bits per heavy atom. The number of amidine groups is 1. The number of allylic oxidation sites excluding steroid dienone is 1. The van der Waals surface area contributed by atoms with Gasteiger partial charge < -0.3 is 10.8 Å². The third-order valence-electron chi connectivity index (χ3n) is 3.04. The quantitative estimate of drug-likeness (QED) is 0.453. The SMILES string of the molecule is CC1(C)Cc2ccccc2C(C=C(SC(=N)N)C(=O)O)=N1. The first-order valence-corrected chi connectivity index (χ1v) is 7.25. The van der Waals surface area contributed by atoms with Gasteiger partial charge in [0.1, 0.15) is 4.91 Å². The first kappa shape index (κ1) is 15.3. The Labute approximate surface area is 127 Å². The lowest BCUT2D eigenvalue weighted by molar-refractivity contribution is -0.131. The summed E-state index contributed by atoms with van der Waals surface area (Å²) >= 11 is 0.718. The summed E-state index contributed by atoms with van der Waals surface area (Å²) in [6.07, 6.45) is 2.30. The highest BCUT2D eigenvalue weighted by molar-refractivity contribution is 8.17. The number of thioether (sulfide) groups is 1.